The topological polar surface area (TPSA) is 43.9 Å². The molecule has 0 saturated carbocycles. The fourth-order valence-electron chi connectivity index (χ4n) is 3.76. The minimum atomic E-state index is -0.200. The molecule has 2 heterocycles. The van der Waals surface area contributed by atoms with E-state index in [2.05, 4.69) is 11.9 Å². The molecule has 0 radical (unpaired) electrons. The molecule has 140 valence electrons. The van der Waals surface area contributed by atoms with Gasteiger partial charge in [0.2, 0.25) is 0 Å². The number of benzene rings is 1. The van der Waals surface area contributed by atoms with Gasteiger partial charge in [0.25, 0.3) is 11.8 Å². The van der Waals surface area contributed by atoms with E-state index in [-0.39, 0.29) is 17.9 Å². The molecule has 0 N–H and O–H groups in total. The van der Waals surface area contributed by atoms with Crippen molar-refractivity contribution in [1.29, 1.82) is 0 Å². The van der Waals surface area contributed by atoms with Crippen molar-refractivity contribution < 1.29 is 9.59 Å². The van der Waals surface area contributed by atoms with Crippen LogP contribution in [-0.4, -0.2) is 66.3 Å². The van der Waals surface area contributed by atoms with Crippen LogP contribution >= 0.6 is 11.6 Å². The molecule has 0 spiro atoms. The van der Waals surface area contributed by atoms with Crippen LogP contribution in [-0.2, 0) is 9.59 Å². The first-order valence-corrected chi connectivity index (χ1v) is 9.59. The summed E-state index contributed by atoms with van der Waals surface area (Å²) in [6.07, 6.45) is 2.72. The fraction of sp³-hybridized carbons (Fsp3) is 0.500. The Labute approximate surface area is 160 Å². The van der Waals surface area contributed by atoms with Gasteiger partial charge < -0.3 is 9.80 Å². The van der Waals surface area contributed by atoms with E-state index >= 15 is 0 Å². The molecule has 1 aromatic rings. The Hall–Kier alpha value is -1.85. The molecule has 6 heteroatoms. The van der Waals surface area contributed by atoms with Crippen LogP contribution in [0, 0.1) is 0 Å². The average molecular weight is 376 g/mol. The molecule has 1 aromatic carbocycles. The molecule has 2 aliphatic rings. The lowest BCUT2D eigenvalue weighted by Gasteiger charge is -2.36. The van der Waals surface area contributed by atoms with Crippen molar-refractivity contribution in [2.45, 2.75) is 32.2 Å². The van der Waals surface area contributed by atoms with Crippen LogP contribution in [0.5, 0.6) is 0 Å². The monoisotopic (exact) mass is 375 g/mol. The van der Waals surface area contributed by atoms with Gasteiger partial charge in [-0.25, -0.2) is 0 Å². The summed E-state index contributed by atoms with van der Waals surface area (Å²) in [4.78, 5) is 31.8. The van der Waals surface area contributed by atoms with Crippen molar-refractivity contribution in [3.05, 3.63) is 40.5 Å². The lowest BCUT2D eigenvalue weighted by Crippen LogP contribution is -2.43. The highest BCUT2D eigenvalue weighted by molar-refractivity contribution is 6.36. The maximum Gasteiger partial charge on any atom is 0.277 e. The molecule has 26 heavy (non-hydrogen) atoms. The highest BCUT2D eigenvalue weighted by Crippen LogP contribution is 2.34. The van der Waals surface area contributed by atoms with Gasteiger partial charge in [-0.2, -0.15) is 0 Å². The summed E-state index contributed by atoms with van der Waals surface area (Å²) in [5.41, 5.74) is 1.78. The summed E-state index contributed by atoms with van der Waals surface area (Å²) >= 11 is 6.00. The van der Waals surface area contributed by atoms with E-state index in [1.165, 1.54) is 4.90 Å². The van der Waals surface area contributed by atoms with E-state index in [0.29, 0.717) is 22.8 Å². The Morgan fingerprint density at radius 3 is 2.31 bits per heavy atom. The average Bonchev–Trinajstić information content (AvgIpc) is 2.87. The van der Waals surface area contributed by atoms with Crippen molar-refractivity contribution in [3.8, 4) is 0 Å². The lowest BCUT2D eigenvalue weighted by molar-refractivity contribution is -0.137. The summed E-state index contributed by atoms with van der Waals surface area (Å²) in [5.74, 6) is -0.378. The molecular formula is C20H26ClN3O2. The largest absolute Gasteiger partial charge is 0.366 e. The van der Waals surface area contributed by atoms with Crippen LogP contribution in [0.1, 0.15) is 31.7 Å². The van der Waals surface area contributed by atoms with Crippen molar-refractivity contribution in [2.75, 3.05) is 33.7 Å². The predicted octanol–water partition coefficient (Wildman–Crippen LogP) is 2.86. The lowest BCUT2D eigenvalue weighted by atomic mass is 10.0. The van der Waals surface area contributed by atoms with E-state index in [4.69, 9.17) is 11.6 Å². The first-order valence-electron chi connectivity index (χ1n) is 9.21. The number of halogens is 1. The molecule has 0 atom stereocenters. The van der Waals surface area contributed by atoms with Gasteiger partial charge in [-0.15, -0.1) is 0 Å². The summed E-state index contributed by atoms with van der Waals surface area (Å²) < 4.78 is 0. The number of imide groups is 1. The number of likely N-dealkylation sites (tertiary alicyclic amines) is 1. The van der Waals surface area contributed by atoms with Crippen LogP contribution in [0.4, 0.5) is 0 Å². The van der Waals surface area contributed by atoms with Crippen molar-refractivity contribution in [3.63, 3.8) is 0 Å². The number of piperidine rings is 1. The van der Waals surface area contributed by atoms with E-state index in [9.17, 15) is 9.59 Å². The van der Waals surface area contributed by atoms with Gasteiger partial charge in [0.05, 0.1) is 5.57 Å². The fourth-order valence-corrected chi connectivity index (χ4v) is 3.88. The van der Waals surface area contributed by atoms with Crippen molar-refractivity contribution in [1.82, 2.24) is 14.7 Å². The zero-order valence-corrected chi connectivity index (χ0v) is 16.4. The van der Waals surface area contributed by atoms with E-state index in [0.717, 1.165) is 37.9 Å². The minimum Gasteiger partial charge on any atom is -0.366 e. The third-order valence-corrected chi connectivity index (χ3v) is 5.56. The van der Waals surface area contributed by atoms with Gasteiger partial charge in [-0.05, 0) is 57.1 Å². The summed E-state index contributed by atoms with van der Waals surface area (Å²) in [5, 5.41) is 0.613. The molecule has 2 amide bonds. The molecule has 0 unspecified atom stereocenters. The van der Waals surface area contributed by atoms with Gasteiger partial charge in [0, 0.05) is 24.7 Å². The van der Waals surface area contributed by atoms with Gasteiger partial charge in [-0.3, -0.25) is 14.5 Å². The number of hydrogen-bond donors (Lipinski definition) is 0. The first kappa shape index (κ1) is 18.9. The Kier molecular flexibility index (Phi) is 5.68. The third-order valence-electron chi connectivity index (χ3n) is 5.31. The van der Waals surface area contributed by atoms with Gasteiger partial charge in [0.15, 0.2) is 0 Å². The second kappa shape index (κ2) is 7.80. The number of rotatable bonds is 5. The molecule has 0 aliphatic carbocycles. The highest BCUT2D eigenvalue weighted by atomic mass is 35.5. The quantitative estimate of drug-likeness (QED) is 0.742. The molecule has 1 saturated heterocycles. The Morgan fingerprint density at radius 1 is 1.12 bits per heavy atom. The van der Waals surface area contributed by atoms with Crippen LogP contribution < -0.4 is 0 Å². The second-order valence-corrected chi connectivity index (χ2v) is 7.57. The Bertz CT molecular complexity index is 721. The number of carbonyl (C=O) groups excluding carboxylic acids is 2. The highest BCUT2D eigenvalue weighted by Gasteiger charge is 2.41. The SMILES string of the molecule is CCCN1C(=O)C(c2ccc(Cl)cc2)=C(N(C)C2CCN(C)CC2)C1=O. The smallest absolute Gasteiger partial charge is 0.277 e. The van der Waals surface area contributed by atoms with Crippen LogP contribution in [0.15, 0.2) is 30.0 Å². The number of nitrogens with zero attached hydrogens (tertiary/aromatic N) is 3. The maximum atomic E-state index is 13.1. The normalized spacial score (nSPS) is 19.6. The standard InChI is InChI=1S/C20H26ClN3O2/c1-4-11-24-19(25)17(14-5-7-15(21)8-6-14)18(20(24)26)23(3)16-9-12-22(2)13-10-16/h5-8,16H,4,9-13H2,1-3H3. The molecular weight excluding hydrogens is 350 g/mol. The Balaban J connectivity index is 2.00. The van der Waals surface area contributed by atoms with Gasteiger partial charge >= 0.3 is 0 Å². The van der Waals surface area contributed by atoms with Crippen LogP contribution in [0.2, 0.25) is 5.02 Å². The Morgan fingerprint density at radius 2 is 1.73 bits per heavy atom. The number of carbonyl (C=O) groups is 2. The van der Waals surface area contributed by atoms with Gasteiger partial charge in [-0.1, -0.05) is 30.7 Å². The molecule has 0 bridgehead atoms. The maximum absolute atomic E-state index is 13.1. The molecule has 3 rings (SSSR count). The van der Waals surface area contributed by atoms with Crippen LogP contribution in [0.25, 0.3) is 5.57 Å². The number of likely N-dealkylation sites (N-methyl/N-ethyl adjacent to an activating group) is 1. The predicted molar refractivity (Wildman–Crippen MR) is 104 cm³/mol. The van der Waals surface area contributed by atoms with Crippen LogP contribution in [0.3, 0.4) is 0 Å². The summed E-state index contributed by atoms with van der Waals surface area (Å²) in [6.45, 7) is 4.42. The number of amides is 2. The van der Waals surface area contributed by atoms with Crippen molar-refractivity contribution >= 4 is 29.0 Å². The summed E-state index contributed by atoms with van der Waals surface area (Å²) in [6, 6.07) is 7.43. The zero-order valence-electron chi connectivity index (χ0n) is 15.7. The van der Waals surface area contributed by atoms with Gasteiger partial charge in [0.1, 0.15) is 5.70 Å². The minimum absolute atomic E-state index is 0.178. The molecule has 0 aromatic heterocycles. The van der Waals surface area contributed by atoms with E-state index in [1.54, 1.807) is 12.1 Å². The molecule has 2 aliphatic heterocycles. The molecule has 1 fully saturated rings. The van der Waals surface area contributed by atoms with E-state index < -0.39 is 0 Å². The van der Waals surface area contributed by atoms with E-state index in [1.807, 2.05) is 31.0 Å². The second-order valence-electron chi connectivity index (χ2n) is 7.14. The third kappa shape index (κ3) is 3.51. The molecule has 5 nitrogen and oxygen atoms in total. The summed E-state index contributed by atoms with van der Waals surface area (Å²) in [7, 11) is 4.06. The zero-order chi connectivity index (χ0) is 18.8. The number of hydrogen-bond acceptors (Lipinski definition) is 4. The van der Waals surface area contributed by atoms with Crippen molar-refractivity contribution in [2.24, 2.45) is 0 Å². The first-order chi connectivity index (χ1) is 12.4.